The molecule has 0 atom stereocenters. The molecule has 0 aliphatic rings. The SMILES string of the molecule is CCCc1nccn1-c1nc(NCC)ncc1Cl. The zero-order valence-corrected chi connectivity index (χ0v) is 11.3. The Morgan fingerprint density at radius 3 is 2.89 bits per heavy atom. The molecule has 18 heavy (non-hydrogen) atoms. The van der Waals surface area contributed by atoms with E-state index in [4.69, 9.17) is 11.6 Å². The zero-order valence-electron chi connectivity index (χ0n) is 10.5. The fourth-order valence-electron chi connectivity index (χ4n) is 1.71. The van der Waals surface area contributed by atoms with Crippen molar-refractivity contribution >= 4 is 17.5 Å². The predicted octanol–water partition coefficient (Wildman–Crippen LogP) is 2.70. The van der Waals surface area contributed by atoms with Crippen LogP contribution in [-0.2, 0) is 6.42 Å². The van der Waals surface area contributed by atoms with Gasteiger partial charge >= 0.3 is 0 Å². The third-order valence-electron chi connectivity index (χ3n) is 2.48. The van der Waals surface area contributed by atoms with Crippen LogP contribution < -0.4 is 5.32 Å². The highest BCUT2D eigenvalue weighted by atomic mass is 35.5. The minimum Gasteiger partial charge on any atom is -0.354 e. The third kappa shape index (κ3) is 2.61. The molecule has 0 aliphatic heterocycles. The van der Waals surface area contributed by atoms with E-state index < -0.39 is 0 Å². The lowest BCUT2D eigenvalue weighted by Gasteiger charge is -2.09. The second-order valence-electron chi connectivity index (χ2n) is 3.86. The molecule has 0 saturated carbocycles. The van der Waals surface area contributed by atoms with E-state index in [0.717, 1.165) is 25.2 Å². The van der Waals surface area contributed by atoms with Crippen molar-refractivity contribution in [3.05, 3.63) is 29.4 Å². The summed E-state index contributed by atoms with van der Waals surface area (Å²) in [6.07, 6.45) is 7.16. The first-order chi connectivity index (χ1) is 8.76. The van der Waals surface area contributed by atoms with Crippen LogP contribution in [0.15, 0.2) is 18.6 Å². The number of imidazole rings is 1. The van der Waals surface area contributed by atoms with Gasteiger partial charge < -0.3 is 5.32 Å². The molecule has 0 unspecified atom stereocenters. The molecule has 5 nitrogen and oxygen atoms in total. The van der Waals surface area contributed by atoms with Gasteiger partial charge in [0.05, 0.1) is 6.20 Å². The third-order valence-corrected chi connectivity index (χ3v) is 2.75. The van der Waals surface area contributed by atoms with Gasteiger partial charge in [-0.05, 0) is 13.3 Å². The Labute approximate surface area is 111 Å². The molecular weight excluding hydrogens is 250 g/mol. The maximum Gasteiger partial charge on any atom is 0.224 e. The lowest BCUT2D eigenvalue weighted by Crippen LogP contribution is -2.08. The van der Waals surface area contributed by atoms with Crippen molar-refractivity contribution in [3.8, 4) is 5.82 Å². The Morgan fingerprint density at radius 1 is 1.33 bits per heavy atom. The molecule has 0 amide bonds. The Kier molecular flexibility index (Phi) is 4.15. The van der Waals surface area contributed by atoms with Gasteiger partial charge in [0.25, 0.3) is 0 Å². The normalized spacial score (nSPS) is 10.6. The van der Waals surface area contributed by atoms with Crippen molar-refractivity contribution in [2.45, 2.75) is 26.7 Å². The van der Waals surface area contributed by atoms with Gasteiger partial charge in [-0.3, -0.25) is 4.57 Å². The van der Waals surface area contributed by atoms with Crippen molar-refractivity contribution in [2.24, 2.45) is 0 Å². The summed E-state index contributed by atoms with van der Waals surface area (Å²) < 4.78 is 1.91. The molecule has 2 aromatic heterocycles. The van der Waals surface area contributed by atoms with E-state index in [0.29, 0.717) is 16.8 Å². The van der Waals surface area contributed by atoms with Crippen molar-refractivity contribution in [1.82, 2.24) is 19.5 Å². The molecule has 0 aromatic carbocycles. The smallest absolute Gasteiger partial charge is 0.224 e. The average molecular weight is 266 g/mol. The first-order valence-electron chi connectivity index (χ1n) is 6.05. The van der Waals surface area contributed by atoms with Crippen LogP contribution >= 0.6 is 11.6 Å². The number of aromatic nitrogens is 4. The molecule has 1 N–H and O–H groups in total. The summed E-state index contributed by atoms with van der Waals surface area (Å²) in [5, 5.41) is 3.59. The number of halogens is 1. The lowest BCUT2D eigenvalue weighted by molar-refractivity contribution is 0.796. The van der Waals surface area contributed by atoms with Crippen LogP contribution in [0.2, 0.25) is 5.02 Å². The highest BCUT2D eigenvalue weighted by molar-refractivity contribution is 6.32. The van der Waals surface area contributed by atoms with Crippen LogP contribution in [0.3, 0.4) is 0 Å². The molecule has 0 bridgehead atoms. The van der Waals surface area contributed by atoms with Crippen LogP contribution in [0, 0.1) is 0 Å². The molecule has 6 heteroatoms. The van der Waals surface area contributed by atoms with Gasteiger partial charge in [-0.25, -0.2) is 9.97 Å². The molecule has 2 heterocycles. The van der Waals surface area contributed by atoms with E-state index in [2.05, 4.69) is 27.2 Å². The zero-order chi connectivity index (χ0) is 13.0. The number of hydrogen-bond donors (Lipinski definition) is 1. The van der Waals surface area contributed by atoms with Gasteiger partial charge in [0.1, 0.15) is 10.8 Å². The molecule has 96 valence electrons. The van der Waals surface area contributed by atoms with Gasteiger partial charge in [-0.15, -0.1) is 0 Å². The van der Waals surface area contributed by atoms with E-state index in [1.807, 2.05) is 17.7 Å². The summed E-state index contributed by atoms with van der Waals surface area (Å²) in [7, 11) is 0. The van der Waals surface area contributed by atoms with Crippen molar-refractivity contribution in [3.63, 3.8) is 0 Å². The number of anilines is 1. The standard InChI is InChI=1S/C12H16ClN5/c1-3-5-10-15-6-7-18(10)11-9(13)8-16-12(17-11)14-4-2/h6-8H,3-5H2,1-2H3,(H,14,16,17). The lowest BCUT2D eigenvalue weighted by atomic mass is 10.3. The summed E-state index contributed by atoms with van der Waals surface area (Å²) in [5.41, 5.74) is 0. The quantitative estimate of drug-likeness (QED) is 0.903. The van der Waals surface area contributed by atoms with E-state index in [9.17, 15) is 0 Å². The minimum absolute atomic E-state index is 0.520. The summed E-state index contributed by atoms with van der Waals surface area (Å²) in [6.45, 7) is 4.88. The van der Waals surface area contributed by atoms with Crippen molar-refractivity contribution < 1.29 is 0 Å². The number of hydrogen-bond acceptors (Lipinski definition) is 4. The topological polar surface area (TPSA) is 55.6 Å². The Balaban J connectivity index is 2.42. The van der Waals surface area contributed by atoms with Gasteiger partial charge in [-0.2, -0.15) is 4.98 Å². The highest BCUT2D eigenvalue weighted by Crippen LogP contribution is 2.20. The Morgan fingerprint density at radius 2 is 2.17 bits per heavy atom. The minimum atomic E-state index is 0.520. The maximum atomic E-state index is 6.16. The molecular formula is C12H16ClN5. The first-order valence-corrected chi connectivity index (χ1v) is 6.43. The Hall–Kier alpha value is -1.62. The van der Waals surface area contributed by atoms with Crippen LogP contribution in [0.25, 0.3) is 5.82 Å². The maximum absolute atomic E-state index is 6.16. The number of rotatable bonds is 5. The fourth-order valence-corrected chi connectivity index (χ4v) is 1.89. The van der Waals surface area contributed by atoms with Gasteiger partial charge in [0.2, 0.25) is 5.95 Å². The molecule has 0 saturated heterocycles. The second kappa shape index (κ2) is 5.82. The number of nitrogens with one attached hydrogen (secondary N) is 1. The molecule has 0 radical (unpaired) electrons. The Bertz CT molecular complexity index is 523. The monoisotopic (exact) mass is 265 g/mol. The van der Waals surface area contributed by atoms with E-state index in [1.165, 1.54) is 0 Å². The fraction of sp³-hybridized carbons (Fsp3) is 0.417. The average Bonchev–Trinajstić information content (AvgIpc) is 2.81. The molecule has 2 rings (SSSR count). The summed E-state index contributed by atoms with van der Waals surface area (Å²) in [5.74, 6) is 2.21. The van der Waals surface area contributed by atoms with Crippen LogP contribution in [0.4, 0.5) is 5.95 Å². The van der Waals surface area contributed by atoms with Crippen LogP contribution in [0.1, 0.15) is 26.1 Å². The van der Waals surface area contributed by atoms with E-state index >= 15 is 0 Å². The van der Waals surface area contributed by atoms with E-state index in [-0.39, 0.29) is 0 Å². The molecule has 0 aliphatic carbocycles. The second-order valence-corrected chi connectivity index (χ2v) is 4.27. The molecule has 2 aromatic rings. The summed E-state index contributed by atoms with van der Waals surface area (Å²) >= 11 is 6.16. The predicted molar refractivity (Wildman–Crippen MR) is 72.3 cm³/mol. The first kappa shape index (κ1) is 12.8. The van der Waals surface area contributed by atoms with Crippen molar-refractivity contribution in [2.75, 3.05) is 11.9 Å². The number of aryl methyl sites for hydroxylation is 1. The number of nitrogens with zero attached hydrogens (tertiary/aromatic N) is 4. The van der Waals surface area contributed by atoms with Crippen LogP contribution in [0.5, 0.6) is 0 Å². The van der Waals surface area contributed by atoms with Gasteiger partial charge in [0, 0.05) is 25.4 Å². The molecule has 0 spiro atoms. The largest absolute Gasteiger partial charge is 0.354 e. The molecule has 0 fully saturated rings. The van der Waals surface area contributed by atoms with E-state index in [1.54, 1.807) is 12.4 Å². The van der Waals surface area contributed by atoms with Gasteiger partial charge in [-0.1, -0.05) is 18.5 Å². The highest BCUT2D eigenvalue weighted by Gasteiger charge is 2.11. The summed E-state index contributed by atoms with van der Waals surface area (Å²) in [6, 6.07) is 0. The van der Waals surface area contributed by atoms with Gasteiger partial charge in [0.15, 0.2) is 5.82 Å². The van der Waals surface area contributed by atoms with Crippen LogP contribution in [-0.4, -0.2) is 26.1 Å². The van der Waals surface area contributed by atoms with Crippen molar-refractivity contribution in [1.29, 1.82) is 0 Å². The summed E-state index contributed by atoms with van der Waals surface area (Å²) in [4.78, 5) is 12.9.